The lowest BCUT2D eigenvalue weighted by Crippen LogP contribution is -2.43. The second-order valence-electron chi connectivity index (χ2n) is 5.18. The van der Waals surface area contributed by atoms with Crippen LogP contribution in [-0.4, -0.2) is 24.7 Å². The van der Waals surface area contributed by atoms with Gasteiger partial charge in [0.15, 0.2) is 0 Å². The minimum atomic E-state index is 0.741. The summed E-state index contributed by atoms with van der Waals surface area (Å²) in [5.74, 6) is 0. The molecule has 0 saturated heterocycles. The SMILES string of the molecule is CCCNC1CCC(NC(CC)CC)CC1. The minimum Gasteiger partial charge on any atom is -0.314 e. The fraction of sp³-hybridized carbons (Fsp3) is 1.00. The third-order valence-corrected chi connectivity index (χ3v) is 3.87. The Labute approximate surface area is 102 Å². The number of hydrogen-bond donors (Lipinski definition) is 2. The van der Waals surface area contributed by atoms with Gasteiger partial charge in [-0.25, -0.2) is 0 Å². The maximum atomic E-state index is 3.80. The molecule has 16 heavy (non-hydrogen) atoms. The Bertz CT molecular complexity index is 158. The predicted octanol–water partition coefficient (Wildman–Crippen LogP) is 3.08. The molecule has 2 nitrogen and oxygen atoms in total. The Kier molecular flexibility index (Phi) is 7.06. The van der Waals surface area contributed by atoms with Gasteiger partial charge >= 0.3 is 0 Å². The first-order valence-electron chi connectivity index (χ1n) is 7.29. The van der Waals surface area contributed by atoms with E-state index in [1.165, 1.54) is 51.5 Å². The molecule has 0 unspecified atom stereocenters. The van der Waals surface area contributed by atoms with E-state index in [0.29, 0.717) is 0 Å². The van der Waals surface area contributed by atoms with Crippen LogP contribution >= 0.6 is 0 Å². The molecule has 1 aliphatic carbocycles. The monoisotopic (exact) mass is 226 g/mol. The molecule has 2 heteroatoms. The average Bonchev–Trinajstić information content (AvgIpc) is 2.35. The fourth-order valence-electron chi connectivity index (χ4n) is 2.67. The van der Waals surface area contributed by atoms with Crippen molar-refractivity contribution in [2.45, 2.75) is 83.8 Å². The molecule has 0 radical (unpaired) electrons. The summed E-state index contributed by atoms with van der Waals surface area (Å²) in [5, 5.41) is 7.45. The van der Waals surface area contributed by atoms with Crippen molar-refractivity contribution in [1.82, 2.24) is 10.6 Å². The summed E-state index contributed by atoms with van der Waals surface area (Å²) in [5.41, 5.74) is 0. The van der Waals surface area contributed by atoms with Gasteiger partial charge in [0.05, 0.1) is 0 Å². The quantitative estimate of drug-likeness (QED) is 0.697. The normalized spacial score (nSPS) is 26.2. The molecule has 0 atom stereocenters. The van der Waals surface area contributed by atoms with Gasteiger partial charge in [-0.2, -0.15) is 0 Å². The molecule has 0 aromatic carbocycles. The lowest BCUT2D eigenvalue weighted by atomic mass is 9.90. The van der Waals surface area contributed by atoms with Crippen LogP contribution in [0.1, 0.15) is 65.7 Å². The summed E-state index contributed by atoms with van der Waals surface area (Å²) in [6, 6.07) is 2.31. The molecule has 1 saturated carbocycles. The van der Waals surface area contributed by atoms with E-state index in [1.807, 2.05) is 0 Å². The van der Waals surface area contributed by atoms with Crippen LogP contribution in [0.5, 0.6) is 0 Å². The van der Waals surface area contributed by atoms with Crippen molar-refractivity contribution in [3.63, 3.8) is 0 Å². The van der Waals surface area contributed by atoms with E-state index in [-0.39, 0.29) is 0 Å². The first kappa shape index (κ1) is 14.0. The van der Waals surface area contributed by atoms with Crippen LogP contribution in [0.2, 0.25) is 0 Å². The number of hydrogen-bond acceptors (Lipinski definition) is 2. The highest BCUT2D eigenvalue weighted by Gasteiger charge is 2.21. The van der Waals surface area contributed by atoms with Crippen molar-refractivity contribution in [3.05, 3.63) is 0 Å². The molecule has 0 bridgehead atoms. The molecular formula is C14H30N2. The van der Waals surface area contributed by atoms with Crippen molar-refractivity contribution in [1.29, 1.82) is 0 Å². The van der Waals surface area contributed by atoms with Gasteiger partial charge in [-0.3, -0.25) is 0 Å². The van der Waals surface area contributed by atoms with E-state index in [2.05, 4.69) is 31.4 Å². The number of nitrogens with one attached hydrogen (secondary N) is 2. The van der Waals surface area contributed by atoms with E-state index in [9.17, 15) is 0 Å². The Morgan fingerprint density at radius 3 is 2.00 bits per heavy atom. The van der Waals surface area contributed by atoms with Crippen molar-refractivity contribution in [2.75, 3.05) is 6.54 Å². The van der Waals surface area contributed by atoms with E-state index >= 15 is 0 Å². The standard InChI is InChI=1S/C14H30N2/c1-4-11-15-13-7-9-14(10-8-13)16-12(5-2)6-3/h12-16H,4-11H2,1-3H3. The first-order valence-corrected chi connectivity index (χ1v) is 7.29. The van der Waals surface area contributed by atoms with Crippen LogP contribution in [0.25, 0.3) is 0 Å². The molecular weight excluding hydrogens is 196 g/mol. The first-order chi connectivity index (χ1) is 7.80. The highest BCUT2D eigenvalue weighted by atomic mass is 15.0. The van der Waals surface area contributed by atoms with Crippen molar-refractivity contribution >= 4 is 0 Å². The molecule has 1 fully saturated rings. The largest absolute Gasteiger partial charge is 0.314 e. The maximum Gasteiger partial charge on any atom is 0.00708 e. The van der Waals surface area contributed by atoms with Crippen LogP contribution in [-0.2, 0) is 0 Å². The lowest BCUT2D eigenvalue weighted by molar-refractivity contribution is 0.283. The number of rotatable bonds is 7. The van der Waals surface area contributed by atoms with Crippen LogP contribution < -0.4 is 10.6 Å². The average molecular weight is 226 g/mol. The highest BCUT2D eigenvalue weighted by Crippen LogP contribution is 2.19. The Morgan fingerprint density at radius 1 is 0.938 bits per heavy atom. The Balaban J connectivity index is 2.16. The predicted molar refractivity (Wildman–Crippen MR) is 71.8 cm³/mol. The van der Waals surface area contributed by atoms with Gasteiger partial charge in [0.25, 0.3) is 0 Å². The van der Waals surface area contributed by atoms with Crippen molar-refractivity contribution in [2.24, 2.45) is 0 Å². The third-order valence-electron chi connectivity index (χ3n) is 3.87. The van der Waals surface area contributed by atoms with E-state index in [1.54, 1.807) is 0 Å². The van der Waals surface area contributed by atoms with E-state index < -0.39 is 0 Å². The second-order valence-corrected chi connectivity index (χ2v) is 5.18. The molecule has 0 aromatic rings. The summed E-state index contributed by atoms with van der Waals surface area (Å²) in [4.78, 5) is 0. The zero-order chi connectivity index (χ0) is 11.8. The summed E-state index contributed by atoms with van der Waals surface area (Å²) in [6.45, 7) is 8.01. The van der Waals surface area contributed by atoms with Crippen molar-refractivity contribution < 1.29 is 0 Å². The van der Waals surface area contributed by atoms with Gasteiger partial charge in [-0.1, -0.05) is 20.8 Å². The van der Waals surface area contributed by atoms with Gasteiger partial charge < -0.3 is 10.6 Å². The van der Waals surface area contributed by atoms with Crippen molar-refractivity contribution in [3.8, 4) is 0 Å². The van der Waals surface area contributed by atoms with Crippen LogP contribution in [0.4, 0.5) is 0 Å². The molecule has 96 valence electrons. The van der Waals surface area contributed by atoms with Gasteiger partial charge in [0.1, 0.15) is 0 Å². The maximum absolute atomic E-state index is 3.80. The molecule has 1 aliphatic rings. The molecule has 0 aromatic heterocycles. The summed E-state index contributed by atoms with van der Waals surface area (Å²) in [6.07, 6.45) is 9.23. The lowest BCUT2D eigenvalue weighted by Gasteiger charge is -2.32. The second kappa shape index (κ2) is 8.08. The summed E-state index contributed by atoms with van der Waals surface area (Å²) in [7, 11) is 0. The van der Waals surface area contributed by atoms with Gasteiger partial charge in [0, 0.05) is 18.1 Å². The Morgan fingerprint density at radius 2 is 1.50 bits per heavy atom. The summed E-state index contributed by atoms with van der Waals surface area (Å²) < 4.78 is 0. The summed E-state index contributed by atoms with van der Waals surface area (Å²) >= 11 is 0. The minimum absolute atomic E-state index is 0.741. The van der Waals surface area contributed by atoms with E-state index in [4.69, 9.17) is 0 Å². The van der Waals surface area contributed by atoms with Crippen LogP contribution in [0, 0.1) is 0 Å². The fourth-order valence-corrected chi connectivity index (χ4v) is 2.67. The van der Waals surface area contributed by atoms with Crippen LogP contribution in [0.3, 0.4) is 0 Å². The molecule has 0 amide bonds. The molecule has 0 spiro atoms. The topological polar surface area (TPSA) is 24.1 Å². The van der Waals surface area contributed by atoms with E-state index in [0.717, 1.165) is 18.1 Å². The van der Waals surface area contributed by atoms with Gasteiger partial charge in [-0.05, 0) is 51.5 Å². The molecule has 2 N–H and O–H groups in total. The smallest absolute Gasteiger partial charge is 0.00708 e. The highest BCUT2D eigenvalue weighted by molar-refractivity contribution is 4.82. The Hall–Kier alpha value is -0.0800. The van der Waals surface area contributed by atoms with Gasteiger partial charge in [0.2, 0.25) is 0 Å². The zero-order valence-electron chi connectivity index (χ0n) is 11.4. The molecule has 0 aliphatic heterocycles. The molecule has 0 heterocycles. The third kappa shape index (κ3) is 4.84. The van der Waals surface area contributed by atoms with Crippen LogP contribution in [0.15, 0.2) is 0 Å². The van der Waals surface area contributed by atoms with Gasteiger partial charge in [-0.15, -0.1) is 0 Å². The molecule has 1 rings (SSSR count). The zero-order valence-corrected chi connectivity index (χ0v) is 11.4.